The Bertz CT molecular complexity index is 3240. The summed E-state index contributed by atoms with van der Waals surface area (Å²) in [4.78, 5) is 34.2. The third kappa shape index (κ3) is 9.45. The summed E-state index contributed by atoms with van der Waals surface area (Å²) in [6, 6.07) is 27.6. The molecule has 1 aliphatic carbocycles. The van der Waals surface area contributed by atoms with Gasteiger partial charge in [-0.25, -0.2) is 13.6 Å². The lowest BCUT2D eigenvalue weighted by molar-refractivity contribution is 0.0596. The van der Waals surface area contributed by atoms with Crippen molar-refractivity contribution in [3.63, 3.8) is 0 Å². The molecule has 17 heteroatoms. The molecule has 0 radical (unpaired) electrons. The van der Waals surface area contributed by atoms with Gasteiger partial charge in [0.2, 0.25) is 0 Å². The van der Waals surface area contributed by atoms with Gasteiger partial charge in [-0.3, -0.25) is 14.4 Å². The highest BCUT2D eigenvalue weighted by Crippen LogP contribution is 2.48. The van der Waals surface area contributed by atoms with Gasteiger partial charge < -0.3 is 28.6 Å². The van der Waals surface area contributed by atoms with Crippen molar-refractivity contribution < 1.29 is 37.3 Å². The first kappa shape index (κ1) is 54.9. The highest BCUT2D eigenvalue weighted by Gasteiger charge is 2.54. The molecule has 5 fully saturated rings. The normalized spacial score (nSPS) is 22.7. The van der Waals surface area contributed by atoms with Gasteiger partial charge in [-0.15, -0.1) is 5.54 Å². The van der Waals surface area contributed by atoms with Crippen LogP contribution in [0.2, 0.25) is 21.7 Å². The fourth-order valence-electron chi connectivity index (χ4n) is 14.7. The molecule has 13 nitrogen and oxygen atoms in total. The number of carboxylic acid groups (broad SMARTS) is 1. The number of hydrogen-bond donors (Lipinski definition) is 1. The number of benzene rings is 4. The largest absolute Gasteiger partial charge is 0.534 e. The molecule has 11 rings (SSSR count). The monoisotopic (exact) mass is 1110 g/mol. The highest BCUT2D eigenvalue weighted by molar-refractivity contribution is 7.00. The van der Waals surface area contributed by atoms with Gasteiger partial charge in [-0.05, 0) is 94.6 Å². The quantitative estimate of drug-likeness (QED) is 0.0780. The molecular weight excluding hydrogens is 1030 g/mol. The molecule has 4 aliphatic heterocycles. The topological polar surface area (TPSA) is 128 Å². The summed E-state index contributed by atoms with van der Waals surface area (Å²) in [7, 11) is -3.96. The zero-order valence-corrected chi connectivity index (χ0v) is 49.6. The van der Waals surface area contributed by atoms with Gasteiger partial charge in [-0.1, -0.05) is 135 Å². The fraction of sp³-hybridized carbons (Fsp3) is 0.516. The van der Waals surface area contributed by atoms with Crippen molar-refractivity contribution in [1.29, 1.82) is 0 Å². The summed E-state index contributed by atoms with van der Waals surface area (Å²) < 4.78 is 62.0. The SMILES string of the molecule is CO[C@H]1C[C@H]2CN(c3nc(OC[C@@]45CCCN4C[C@H](F)C5)nc4nc(Oc5cc(O[Si](c6ccccc6)(c6ccccc6)C(C)(C)C)cc6ccc(F)c(C#C[Si](C(C)C)(C(C)C)C(C)C)c56)n(C5CCC5)c34)C[C@@H]1N2C(=O)O. The van der Waals surface area contributed by atoms with Crippen LogP contribution in [0.25, 0.3) is 21.9 Å². The summed E-state index contributed by atoms with van der Waals surface area (Å²) in [6.45, 7) is 22.3. The number of aromatic nitrogens is 4. The van der Waals surface area contributed by atoms with Crippen molar-refractivity contribution in [2.45, 2.75) is 165 Å². The van der Waals surface area contributed by atoms with Crippen LogP contribution in [0.15, 0.2) is 84.9 Å². The van der Waals surface area contributed by atoms with E-state index < -0.39 is 46.1 Å². The number of rotatable bonds is 15. The Hall–Kier alpha value is -6.07. The van der Waals surface area contributed by atoms with Crippen molar-refractivity contribution in [1.82, 2.24) is 29.3 Å². The molecule has 1 saturated carbocycles. The number of hydrogen-bond acceptors (Lipinski definition) is 10. The van der Waals surface area contributed by atoms with Crippen LogP contribution in [-0.2, 0) is 4.74 Å². The summed E-state index contributed by atoms with van der Waals surface area (Å²) in [5, 5.41) is 13.5. The first-order chi connectivity index (χ1) is 37.8. The molecule has 2 aromatic heterocycles. The Balaban J connectivity index is 1.13. The Morgan fingerprint density at radius 2 is 1.56 bits per heavy atom. The van der Waals surface area contributed by atoms with Crippen molar-refractivity contribution >= 4 is 60.6 Å². The van der Waals surface area contributed by atoms with Gasteiger partial charge in [0.1, 0.15) is 43.7 Å². The van der Waals surface area contributed by atoms with Gasteiger partial charge in [0, 0.05) is 50.7 Å². The van der Waals surface area contributed by atoms with Gasteiger partial charge in [0.15, 0.2) is 11.5 Å². The Labute approximate surface area is 466 Å². The zero-order valence-electron chi connectivity index (χ0n) is 47.6. The molecular formula is C62H77F2N7O6Si2. The Kier molecular flexibility index (Phi) is 14.7. The molecule has 0 spiro atoms. The van der Waals surface area contributed by atoms with E-state index >= 15 is 8.78 Å². The molecule has 2 bridgehead atoms. The van der Waals surface area contributed by atoms with Crippen LogP contribution in [0.4, 0.5) is 19.4 Å². The number of halogens is 2. The van der Waals surface area contributed by atoms with E-state index in [-0.39, 0.29) is 47.4 Å². The first-order valence-corrected chi connectivity index (χ1v) is 32.8. The van der Waals surface area contributed by atoms with E-state index in [2.05, 4.69) is 137 Å². The lowest BCUT2D eigenvalue weighted by Crippen LogP contribution is -2.68. The van der Waals surface area contributed by atoms with E-state index in [1.165, 1.54) is 11.0 Å². The van der Waals surface area contributed by atoms with Crippen LogP contribution in [-0.4, -0.2) is 127 Å². The minimum atomic E-state index is -3.22. The molecule has 5 atom stereocenters. The molecule has 5 aliphatic rings. The number of fused-ring (bicyclic) bond motifs is 5. The number of nitrogens with zero attached hydrogens (tertiary/aromatic N) is 7. The number of amides is 1. The van der Waals surface area contributed by atoms with Crippen molar-refractivity contribution in [3.8, 4) is 35.0 Å². The number of piperazine rings is 1. The van der Waals surface area contributed by atoms with Crippen LogP contribution in [0.1, 0.15) is 119 Å². The lowest BCUT2D eigenvalue weighted by Gasteiger charge is -2.43. The number of imidazole rings is 1. The van der Waals surface area contributed by atoms with E-state index in [1.807, 2.05) is 24.3 Å². The van der Waals surface area contributed by atoms with Crippen LogP contribution in [0.3, 0.4) is 0 Å². The second-order valence-electron chi connectivity index (χ2n) is 25.0. The first-order valence-electron chi connectivity index (χ1n) is 28.7. The standard InChI is InChI=1S/C62H77F2N7O6Si2/c1-39(2)78(40(3)4,41(5)6)30-27-49-50(64)26-25-42-31-46(77-79(61(7,8)9,47-21-13-11-14-22-47)48-23-15-12-16-24-48)33-53(54(42)49)76-59-66-56-55(71(59)44-19-17-20-44)57(68-36-45-32-52(74-10)51(37-68)70(45)60(72)73)67-58(65-56)75-38-62-28-18-29-69(62)35-43(63)34-62/h11-16,21-26,31,33,39-41,43-45,51-52H,17-20,28-29,32,34-38H2,1-10H3,(H,72,73)/t43-,45+,51+,52+,62+/m1/s1. The van der Waals surface area contributed by atoms with Gasteiger partial charge in [0.25, 0.3) is 0 Å². The third-order valence-electron chi connectivity index (χ3n) is 18.7. The third-order valence-corrected chi connectivity index (χ3v) is 29.9. The molecule has 1 N–H and O–H groups in total. The maximum absolute atomic E-state index is 17.1. The average Bonchev–Trinajstić information content (AvgIpc) is 4.31. The smallest absolute Gasteiger partial charge is 0.408 e. The molecule has 6 heterocycles. The number of methoxy groups -OCH3 is 1. The van der Waals surface area contributed by atoms with Crippen molar-refractivity contribution in [3.05, 3.63) is 96.3 Å². The van der Waals surface area contributed by atoms with E-state index in [9.17, 15) is 9.90 Å². The van der Waals surface area contributed by atoms with Crippen LogP contribution >= 0.6 is 0 Å². The Morgan fingerprint density at radius 1 is 0.873 bits per heavy atom. The molecule has 0 unspecified atom stereocenters. The van der Waals surface area contributed by atoms with Crippen molar-refractivity contribution in [2.24, 2.45) is 0 Å². The summed E-state index contributed by atoms with van der Waals surface area (Å²) in [5.41, 5.74) is 5.52. The number of alkyl halides is 1. The second-order valence-corrected chi connectivity index (χ2v) is 34.8. The lowest BCUT2D eigenvalue weighted by atomic mass is 9.93. The van der Waals surface area contributed by atoms with E-state index in [1.54, 1.807) is 13.2 Å². The zero-order chi connectivity index (χ0) is 55.8. The highest BCUT2D eigenvalue weighted by atomic mass is 28.4. The van der Waals surface area contributed by atoms with Crippen molar-refractivity contribution in [2.75, 3.05) is 44.8 Å². The van der Waals surface area contributed by atoms with E-state index in [4.69, 9.17) is 33.6 Å². The minimum Gasteiger partial charge on any atom is -0.534 e. The summed E-state index contributed by atoms with van der Waals surface area (Å²) in [6.07, 6.45) is 3.10. The summed E-state index contributed by atoms with van der Waals surface area (Å²) in [5.74, 6) is 4.51. The second kappa shape index (κ2) is 21.1. The number of carbonyl (C=O) groups is 1. The average molecular weight is 1110 g/mol. The van der Waals surface area contributed by atoms with Crippen LogP contribution in [0, 0.1) is 17.3 Å². The molecule has 1 amide bonds. The number of anilines is 1. The summed E-state index contributed by atoms with van der Waals surface area (Å²) >= 11 is 0. The van der Waals surface area contributed by atoms with Crippen LogP contribution in [0.5, 0.6) is 23.5 Å². The number of ether oxygens (including phenoxy) is 3. The van der Waals surface area contributed by atoms with Crippen LogP contribution < -0.4 is 29.2 Å². The molecule has 418 valence electrons. The predicted octanol–water partition coefficient (Wildman–Crippen LogP) is 12.1. The maximum Gasteiger partial charge on any atom is 0.408 e. The maximum atomic E-state index is 17.1. The van der Waals surface area contributed by atoms with E-state index in [0.29, 0.717) is 88.4 Å². The molecule has 4 saturated heterocycles. The van der Waals surface area contributed by atoms with Gasteiger partial charge >= 0.3 is 26.4 Å². The van der Waals surface area contributed by atoms with Gasteiger partial charge in [0.05, 0.1) is 29.3 Å². The van der Waals surface area contributed by atoms with E-state index in [0.717, 1.165) is 49.0 Å². The fourth-order valence-corrected chi connectivity index (χ4v) is 24.3. The molecule has 79 heavy (non-hydrogen) atoms. The van der Waals surface area contributed by atoms with Gasteiger partial charge in [-0.2, -0.15) is 15.0 Å². The minimum absolute atomic E-state index is 0.0580. The molecule has 6 aromatic rings. The molecule has 4 aromatic carbocycles. The Morgan fingerprint density at radius 3 is 2.16 bits per heavy atom. The predicted molar refractivity (Wildman–Crippen MR) is 312 cm³/mol.